The number of hydrogen-bond donors (Lipinski definition) is 2. The van der Waals surface area contributed by atoms with E-state index in [-0.39, 0.29) is 29.4 Å². The molecular weight excluding hydrogens is 369 g/mol. The molecule has 0 fully saturated rings. The summed E-state index contributed by atoms with van der Waals surface area (Å²) in [5, 5.41) is 9.77. The molecule has 0 saturated carbocycles. The highest BCUT2D eigenvalue weighted by Gasteiger charge is 2.48. The minimum absolute atomic E-state index is 0.0501. The molecule has 0 saturated heterocycles. The minimum atomic E-state index is -4.45. The average Bonchev–Trinajstić information content (AvgIpc) is 3.04. The number of hydrogen-bond acceptors (Lipinski definition) is 3. The summed E-state index contributed by atoms with van der Waals surface area (Å²) in [5.41, 5.74) is 1.27. The Morgan fingerprint density at radius 2 is 1.89 bits per heavy atom. The number of alkyl halides is 3. The molecular formula is C20H25F3N4O. The summed E-state index contributed by atoms with van der Waals surface area (Å²) in [5.74, 6) is -0.332. The van der Waals surface area contributed by atoms with E-state index in [2.05, 4.69) is 15.7 Å². The quantitative estimate of drug-likeness (QED) is 0.768. The molecule has 1 aromatic heterocycles. The van der Waals surface area contributed by atoms with Gasteiger partial charge in [0.05, 0.1) is 0 Å². The van der Waals surface area contributed by atoms with Gasteiger partial charge in [0.15, 0.2) is 11.7 Å². The van der Waals surface area contributed by atoms with Crippen LogP contribution in [-0.2, 0) is 6.42 Å². The third kappa shape index (κ3) is 4.15. The normalized spacial score (nSPS) is 19.7. The molecule has 1 aliphatic heterocycles. The van der Waals surface area contributed by atoms with Gasteiger partial charge in [-0.1, -0.05) is 39.8 Å². The number of carbonyl (C=O) groups excluding carboxylic acids is 1. The van der Waals surface area contributed by atoms with Crippen molar-refractivity contribution >= 4 is 17.4 Å². The smallest absolute Gasteiger partial charge is 0.367 e. The molecule has 0 aliphatic carbocycles. The van der Waals surface area contributed by atoms with Gasteiger partial charge in [-0.3, -0.25) is 4.79 Å². The highest BCUT2D eigenvalue weighted by molar-refractivity contribution is 6.03. The summed E-state index contributed by atoms with van der Waals surface area (Å²) >= 11 is 0. The standard InChI is InChI=1S/C20H25F3N4O/c1-5-12-6-8-13(9-7-12)24-18(28)14-10-17-25-15(19(2,3)4)11-16(20(21,22)23)27(17)26-14/h6-10,15-16,25H,5,11H2,1-4H3,(H,24,28)/t15-,16-/m0/s1. The van der Waals surface area contributed by atoms with Crippen LogP contribution in [0.1, 0.15) is 56.2 Å². The third-order valence-corrected chi connectivity index (χ3v) is 5.09. The van der Waals surface area contributed by atoms with Crippen LogP contribution in [0.15, 0.2) is 30.3 Å². The minimum Gasteiger partial charge on any atom is -0.367 e. The Labute approximate surface area is 162 Å². The first-order chi connectivity index (χ1) is 13.0. The van der Waals surface area contributed by atoms with Gasteiger partial charge in [0.1, 0.15) is 5.82 Å². The molecule has 152 valence electrons. The average molecular weight is 394 g/mol. The van der Waals surface area contributed by atoms with Crippen molar-refractivity contribution in [3.63, 3.8) is 0 Å². The maximum atomic E-state index is 13.6. The molecule has 2 atom stereocenters. The molecule has 3 rings (SSSR count). The first-order valence-corrected chi connectivity index (χ1v) is 9.32. The van der Waals surface area contributed by atoms with Crippen LogP contribution in [0, 0.1) is 5.41 Å². The highest BCUT2D eigenvalue weighted by Crippen LogP contribution is 2.43. The van der Waals surface area contributed by atoms with Gasteiger partial charge < -0.3 is 10.6 Å². The topological polar surface area (TPSA) is 59.0 Å². The monoisotopic (exact) mass is 394 g/mol. The highest BCUT2D eigenvalue weighted by atomic mass is 19.4. The number of anilines is 2. The predicted molar refractivity (Wildman–Crippen MR) is 103 cm³/mol. The second kappa shape index (κ2) is 7.14. The third-order valence-electron chi connectivity index (χ3n) is 5.09. The van der Waals surface area contributed by atoms with Crippen LogP contribution in [-0.4, -0.2) is 27.9 Å². The van der Waals surface area contributed by atoms with Crippen LogP contribution in [0.4, 0.5) is 24.7 Å². The van der Waals surface area contributed by atoms with Gasteiger partial charge in [-0.15, -0.1) is 0 Å². The summed E-state index contributed by atoms with van der Waals surface area (Å²) in [6, 6.07) is 6.54. The molecule has 0 unspecified atom stereocenters. The van der Waals surface area contributed by atoms with Crippen molar-refractivity contribution in [1.82, 2.24) is 9.78 Å². The first-order valence-electron chi connectivity index (χ1n) is 9.32. The molecule has 0 bridgehead atoms. The number of aromatic nitrogens is 2. The van der Waals surface area contributed by atoms with Crippen molar-refractivity contribution in [3.8, 4) is 0 Å². The van der Waals surface area contributed by atoms with Crippen LogP contribution in [0.3, 0.4) is 0 Å². The predicted octanol–water partition coefficient (Wildman–Crippen LogP) is 5.03. The van der Waals surface area contributed by atoms with Crippen LogP contribution in [0.5, 0.6) is 0 Å². The van der Waals surface area contributed by atoms with Gasteiger partial charge in [-0.05, 0) is 36.0 Å². The van der Waals surface area contributed by atoms with Crippen molar-refractivity contribution in [2.45, 2.75) is 58.8 Å². The van der Waals surface area contributed by atoms with Crippen molar-refractivity contribution in [2.24, 2.45) is 5.41 Å². The second-order valence-electron chi connectivity index (χ2n) is 8.22. The Kier molecular flexibility index (Phi) is 5.16. The molecule has 8 heteroatoms. The number of benzene rings is 1. The van der Waals surface area contributed by atoms with Gasteiger partial charge >= 0.3 is 6.18 Å². The molecule has 28 heavy (non-hydrogen) atoms. The number of nitrogens with zero attached hydrogens (tertiary/aromatic N) is 2. The summed E-state index contributed by atoms with van der Waals surface area (Å²) < 4.78 is 41.7. The summed E-state index contributed by atoms with van der Waals surface area (Å²) in [6.45, 7) is 7.69. The van der Waals surface area contributed by atoms with E-state index in [1.54, 1.807) is 12.1 Å². The zero-order valence-corrected chi connectivity index (χ0v) is 16.4. The number of amides is 1. The van der Waals surface area contributed by atoms with E-state index in [0.717, 1.165) is 16.7 Å². The molecule has 5 nitrogen and oxygen atoms in total. The Balaban J connectivity index is 1.87. The molecule has 0 radical (unpaired) electrons. The van der Waals surface area contributed by atoms with Crippen molar-refractivity contribution < 1.29 is 18.0 Å². The number of halogens is 3. The number of carbonyl (C=O) groups is 1. The number of aryl methyl sites for hydroxylation is 1. The van der Waals surface area contributed by atoms with Crippen LogP contribution < -0.4 is 10.6 Å². The molecule has 0 spiro atoms. The van der Waals surface area contributed by atoms with Crippen LogP contribution >= 0.6 is 0 Å². The van der Waals surface area contributed by atoms with Crippen molar-refractivity contribution in [1.29, 1.82) is 0 Å². The van der Waals surface area contributed by atoms with E-state index in [1.165, 1.54) is 6.07 Å². The lowest BCUT2D eigenvalue weighted by Crippen LogP contribution is -2.44. The fourth-order valence-corrected chi connectivity index (χ4v) is 3.27. The maximum Gasteiger partial charge on any atom is 0.410 e. The zero-order valence-electron chi connectivity index (χ0n) is 16.4. The van der Waals surface area contributed by atoms with E-state index in [1.807, 2.05) is 39.8 Å². The fourth-order valence-electron chi connectivity index (χ4n) is 3.27. The first kappa shape index (κ1) is 20.2. The van der Waals surface area contributed by atoms with E-state index in [9.17, 15) is 18.0 Å². The molecule has 1 aliphatic rings. The van der Waals surface area contributed by atoms with Crippen LogP contribution in [0.25, 0.3) is 0 Å². The Morgan fingerprint density at radius 1 is 1.25 bits per heavy atom. The van der Waals surface area contributed by atoms with E-state index >= 15 is 0 Å². The van der Waals surface area contributed by atoms with Crippen molar-refractivity contribution in [3.05, 3.63) is 41.6 Å². The van der Waals surface area contributed by atoms with Gasteiger partial charge in [0.2, 0.25) is 0 Å². The van der Waals surface area contributed by atoms with Gasteiger partial charge in [0.25, 0.3) is 5.91 Å². The second-order valence-corrected chi connectivity index (χ2v) is 8.22. The fraction of sp³-hybridized carbons (Fsp3) is 0.500. The molecule has 1 amide bonds. The molecule has 2 aromatic rings. The lowest BCUT2D eigenvalue weighted by Gasteiger charge is -2.39. The van der Waals surface area contributed by atoms with E-state index in [4.69, 9.17) is 0 Å². The Bertz CT molecular complexity index is 850. The maximum absolute atomic E-state index is 13.6. The SMILES string of the molecule is CCc1ccc(NC(=O)c2cc3n(n2)[C@H](C(F)(F)F)C[C@@H](C(C)(C)C)N3)cc1. The lowest BCUT2D eigenvalue weighted by atomic mass is 9.82. The lowest BCUT2D eigenvalue weighted by molar-refractivity contribution is -0.175. The van der Waals surface area contributed by atoms with E-state index < -0.39 is 18.1 Å². The van der Waals surface area contributed by atoms with Crippen LogP contribution in [0.2, 0.25) is 0 Å². The zero-order chi connectivity index (χ0) is 20.7. The van der Waals surface area contributed by atoms with E-state index in [0.29, 0.717) is 5.69 Å². The largest absolute Gasteiger partial charge is 0.410 e. The van der Waals surface area contributed by atoms with Crippen molar-refractivity contribution in [2.75, 3.05) is 10.6 Å². The molecule has 2 N–H and O–H groups in total. The van der Waals surface area contributed by atoms with Gasteiger partial charge in [-0.25, -0.2) is 4.68 Å². The number of rotatable bonds is 3. The molecule has 2 heterocycles. The summed E-state index contributed by atoms with van der Waals surface area (Å²) in [6.07, 6.45) is -3.71. The summed E-state index contributed by atoms with van der Waals surface area (Å²) in [7, 11) is 0. The Morgan fingerprint density at radius 3 is 2.43 bits per heavy atom. The Hall–Kier alpha value is -2.51. The number of nitrogens with one attached hydrogen (secondary N) is 2. The molecule has 1 aromatic carbocycles. The summed E-state index contributed by atoms with van der Waals surface area (Å²) in [4.78, 5) is 12.5. The van der Waals surface area contributed by atoms with Gasteiger partial charge in [-0.2, -0.15) is 18.3 Å². The van der Waals surface area contributed by atoms with Gasteiger partial charge in [0, 0.05) is 17.8 Å². The number of fused-ring (bicyclic) bond motifs is 1.